The van der Waals surface area contributed by atoms with E-state index in [0.29, 0.717) is 40.1 Å². The first-order valence-corrected chi connectivity index (χ1v) is 10.4. The largest absolute Gasteiger partial charge is 0.471 e. The highest BCUT2D eigenvalue weighted by Gasteiger charge is 2.46. The molecule has 2 atom stereocenters. The van der Waals surface area contributed by atoms with Crippen molar-refractivity contribution in [3.05, 3.63) is 58.0 Å². The number of rotatable bonds is 3. The number of anilines is 1. The number of amides is 1. The number of nitrogens with zero attached hydrogens (tertiary/aromatic N) is 5. The molecule has 4 heterocycles. The Kier molecular flexibility index (Phi) is 5.01. The Labute approximate surface area is 189 Å². The predicted octanol–water partition coefficient (Wildman–Crippen LogP) is 4.56. The van der Waals surface area contributed by atoms with Gasteiger partial charge in [-0.3, -0.25) is 4.79 Å². The molecule has 166 valence electrons. The van der Waals surface area contributed by atoms with Crippen LogP contribution < -0.4 is 4.90 Å². The highest BCUT2D eigenvalue weighted by Crippen LogP contribution is 2.36. The van der Waals surface area contributed by atoms with E-state index in [1.807, 2.05) is 4.90 Å². The average Bonchev–Trinajstić information content (AvgIpc) is 3.50. The van der Waals surface area contributed by atoms with Crippen molar-refractivity contribution in [2.24, 2.45) is 0 Å². The Hall–Kier alpha value is -2.85. The van der Waals surface area contributed by atoms with E-state index in [-0.39, 0.29) is 23.8 Å². The molecule has 0 radical (unpaired) electrons. The van der Waals surface area contributed by atoms with E-state index in [4.69, 9.17) is 23.2 Å². The first-order valence-electron chi connectivity index (χ1n) is 9.60. The molecule has 1 aromatic carbocycles. The molecule has 12 heteroatoms. The van der Waals surface area contributed by atoms with Crippen LogP contribution in [0.1, 0.15) is 22.7 Å². The zero-order valence-electron chi connectivity index (χ0n) is 16.2. The van der Waals surface area contributed by atoms with Gasteiger partial charge in [-0.2, -0.15) is 18.2 Å². The highest BCUT2D eigenvalue weighted by atomic mass is 35.5. The summed E-state index contributed by atoms with van der Waals surface area (Å²) in [5.74, 6) is -1.02. The van der Waals surface area contributed by atoms with Crippen LogP contribution in [-0.2, 0) is 6.18 Å². The van der Waals surface area contributed by atoms with E-state index in [0.717, 1.165) is 6.42 Å². The molecule has 2 unspecified atom stereocenters. The third kappa shape index (κ3) is 3.67. The molecule has 2 aliphatic rings. The number of hydrogen-bond acceptors (Lipinski definition) is 6. The van der Waals surface area contributed by atoms with Crippen LogP contribution in [0.5, 0.6) is 0 Å². The van der Waals surface area contributed by atoms with Gasteiger partial charge in [-0.15, -0.1) is 0 Å². The lowest BCUT2D eigenvalue weighted by Crippen LogP contribution is -2.49. The number of pyridine rings is 1. The Morgan fingerprint density at radius 2 is 1.91 bits per heavy atom. The van der Waals surface area contributed by atoms with Gasteiger partial charge in [-0.05, 0) is 36.8 Å². The molecular weight excluding hydrogens is 470 g/mol. The Bertz CT molecular complexity index is 1180. The number of fused-ring (bicyclic) bond motifs is 2. The van der Waals surface area contributed by atoms with Gasteiger partial charge in [0.05, 0.1) is 22.1 Å². The quantitative estimate of drug-likeness (QED) is 0.543. The number of benzene rings is 1. The summed E-state index contributed by atoms with van der Waals surface area (Å²) in [4.78, 5) is 24.6. The van der Waals surface area contributed by atoms with Gasteiger partial charge in [0.2, 0.25) is 5.82 Å². The molecule has 2 aliphatic heterocycles. The van der Waals surface area contributed by atoms with E-state index in [2.05, 4.69) is 24.5 Å². The van der Waals surface area contributed by atoms with Gasteiger partial charge in [-0.25, -0.2) is 4.98 Å². The zero-order chi connectivity index (χ0) is 22.6. The minimum absolute atomic E-state index is 0.0231. The fourth-order valence-corrected chi connectivity index (χ4v) is 4.43. The lowest BCUT2D eigenvalue weighted by molar-refractivity contribution is -0.159. The molecule has 7 nitrogen and oxygen atoms in total. The monoisotopic (exact) mass is 483 g/mol. The fourth-order valence-electron chi connectivity index (χ4n) is 4.14. The number of piperazine rings is 1. The van der Waals surface area contributed by atoms with Gasteiger partial charge in [-0.1, -0.05) is 28.4 Å². The molecule has 2 saturated heterocycles. The molecule has 32 heavy (non-hydrogen) atoms. The summed E-state index contributed by atoms with van der Waals surface area (Å²) >= 11 is 12.0. The smallest absolute Gasteiger partial charge is 0.350 e. The van der Waals surface area contributed by atoms with E-state index < -0.39 is 12.1 Å². The van der Waals surface area contributed by atoms with Crippen LogP contribution in [-0.4, -0.2) is 51.1 Å². The summed E-state index contributed by atoms with van der Waals surface area (Å²) in [6.45, 7) is 1.14. The van der Waals surface area contributed by atoms with Gasteiger partial charge in [0.25, 0.3) is 5.91 Å². The van der Waals surface area contributed by atoms with Crippen LogP contribution >= 0.6 is 23.2 Å². The van der Waals surface area contributed by atoms with Crippen LogP contribution in [0.15, 0.2) is 41.1 Å². The zero-order valence-corrected chi connectivity index (χ0v) is 17.7. The molecule has 0 saturated carbocycles. The van der Waals surface area contributed by atoms with E-state index in [1.54, 1.807) is 30.3 Å². The third-order valence-electron chi connectivity index (χ3n) is 5.64. The normalized spacial score (nSPS) is 20.3. The van der Waals surface area contributed by atoms with Crippen molar-refractivity contribution in [3.63, 3.8) is 0 Å². The molecule has 2 aromatic heterocycles. The molecule has 2 fully saturated rings. The minimum atomic E-state index is -4.70. The molecule has 2 bridgehead atoms. The number of carbonyl (C=O) groups excluding carboxylic acids is 1. The molecule has 1 amide bonds. The van der Waals surface area contributed by atoms with E-state index in [9.17, 15) is 18.0 Å². The Morgan fingerprint density at radius 1 is 1.09 bits per heavy atom. The second kappa shape index (κ2) is 7.63. The number of alkyl halides is 3. The number of hydrogen-bond donors (Lipinski definition) is 0. The first kappa shape index (κ1) is 21.0. The second-order valence-corrected chi connectivity index (χ2v) is 8.42. The fraction of sp³-hybridized carbons (Fsp3) is 0.300. The molecule has 0 N–H and O–H groups in total. The molecule has 0 spiro atoms. The van der Waals surface area contributed by atoms with Gasteiger partial charge in [0.15, 0.2) is 0 Å². The van der Waals surface area contributed by atoms with Gasteiger partial charge in [0.1, 0.15) is 5.82 Å². The molecule has 5 rings (SSSR count). The summed E-state index contributed by atoms with van der Waals surface area (Å²) in [5, 5.41) is 4.09. The van der Waals surface area contributed by atoms with Gasteiger partial charge >= 0.3 is 12.1 Å². The third-order valence-corrected chi connectivity index (χ3v) is 6.38. The number of carbonyl (C=O) groups is 1. The summed E-state index contributed by atoms with van der Waals surface area (Å²) in [6.07, 6.45) is -2.49. The van der Waals surface area contributed by atoms with Crippen LogP contribution in [0.4, 0.5) is 19.0 Å². The minimum Gasteiger partial charge on any atom is -0.350 e. The van der Waals surface area contributed by atoms with Crippen molar-refractivity contribution in [3.8, 4) is 11.4 Å². The van der Waals surface area contributed by atoms with Crippen molar-refractivity contribution in [2.75, 3.05) is 18.0 Å². The summed E-state index contributed by atoms with van der Waals surface area (Å²) < 4.78 is 42.2. The molecule has 0 aliphatic carbocycles. The number of aromatic nitrogens is 3. The van der Waals surface area contributed by atoms with Crippen molar-refractivity contribution >= 4 is 34.9 Å². The predicted molar refractivity (Wildman–Crippen MR) is 110 cm³/mol. The van der Waals surface area contributed by atoms with Crippen molar-refractivity contribution in [2.45, 2.75) is 24.7 Å². The van der Waals surface area contributed by atoms with Crippen LogP contribution in [0.2, 0.25) is 10.0 Å². The molecular formula is C20H14Cl2F3N5O2. The van der Waals surface area contributed by atoms with Gasteiger partial charge < -0.3 is 14.3 Å². The SMILES string of the molecule is O=C(c1ccc(Cl)c(Cl)c1)N1CC2CC1CN2c1ccc(-c2noc(C(F)(F)F)n2)cn1. The van der Waals surface area contributed by atoms with Gasteiger partial charge in [0, 0.05) is 30.4 Å². The van der Waals surface area contributed by atoms with E-state index in [1.165, 1.54) is 6.20 Å². The number of halogens is 5. The molecule has 3 aromatic rings. The lowest BCUT2D eigenvalue weighted by Gasteiger charge is -2.35. The van der Waals surface area contributed by atoms with Crippen LogP contribution in [0, 0.1) is 0 Å². The number of likely N-dealkylation sites (tertiary alicyclic amines) is 1. The van der Waals surface area contributed by atoms with Crippen molar-refractivity contribution in [1.29, 1.82) is 0 Å². The maximum atomic E-state index is 12.9. The van der Waals surface area contributed by atoms with Crippen LogP contribution in [0.3, 0.4) is 0 Å². The lowest BCUT2D eigenvalue weighted by atomic mass is 10.1. The highest BCUT2D eigenvalue weighted by molar-refractivity contribution is 6.42. The Morgan fingerprint density at radius 3 is 2.50 bits per heavy atom. The standard InChI is InChI=1S/C20H14Cl2F3N5O2/c21-14-3-1-10(5-15(14)22)18(31)30-9-12-6-13(30)8-29(12)16-4-2-11(7-26-16)17-27-19(32-28-17)20(23,24)25/h1-5,7,12-13H,6,8-9H2. The topological polar surface area (TPSA) is 75.4 Å². The Balaban J connectivity index is 1.28. The first-order chi connectivity index (χ1) is 15.2. The summed E-state index contributed by atoms with van der Waals surface area (Å²) in [5.41, 5.74) is 0.799. The maximum absolute atomic E-state index is 12.9. The van der Waals surface area contributed by atoms with Crippen molar-refractivity contribution < 1.29 is 22.5 Å². The van der Waals surface area contributed by atoms with Crippen molar-refractivity contribution in [1.82, 2.24) is 20.0 Å². The second-order valence-electron chi connectivity index (χ2n) is 7.61. The van der Waals surface area contributed by atoms with E-state index >= 15 is 0 Å². The average molecular weight is 484 g/mol. The van der Waals surface area contributed by atoms with Crippen LogP contribution in [0.25, 0.3) is 11.4 Å². The summed E-state index contributed by atoms with van der Waals surface area (Å²) in [6, 6.07) is 8.23. The maximum Gasteiger partial charge on any atom is 0.471 e. The summed E-state index contributed by atoms with van der Waals surface area (Å²) in [7, 11) is 0.